The van der Waals surface area contributed by atoms with Crippen LogP contribution in [-0.4, -0.2) is 22.7 Å². The second-order valence-electron chi connectivity index (χ2n) is 2.89. The Labute approximate surface area is 76.6 Å². The summed E-state index contributed by atoms with van der Waals surface area (Å²) >= 11 is 0. The summed E-state index contributed by atoms with van der Waals surface area (Å²) in [6.45, 7) is 1.95. The van der Waals surface area contributed by atoms with Crippen LogP contribution in [0.1, 0.15) is 13.3 Å². The number of hydrogen-bond donors (Lipinski definition) is 2. The van der Waals surface area contributed by atoms with Crippen LogP contribution in [0.3, 0.4) is 0 Å². The number of anilines is 1. The Balaban J connectivity index is 2.58. The third kappa shape index (κ3) is 2.99. The summed E-state index contributed by atoms with van der Waals surface area (Å²) in [7, 11) is 0. The zero-order valence-electron chi connectivity index (χ0n) is 7.50. The molecule has 0 radical (unpaired) electrons. The Bertz CT molecular complexity index is 268. The predicted molar refractivity (Wildman–Crippen MR) is 49.0 cm³/mol. The fraction of sp³-hybridized carbons (Fsp3) is 0.444. The highest BCUT2D eigenvalue weighted by Crippen LogP contribution is 2.10. The molecule has 0 aromatic carbocycles. The highest BCUT2D eigenvalue weighted by molar-refractivity contribution is 5.36. The van der Waals surface area contributed by atoms with Crippen LogP contribution in [-0.2, 0) is 0 Å². The van der Waals surface area contributed by atoms with E-state index in [1.54, 1.807) is 0 Å². The van der Waals surface area contributed by atoms with E-state index in [4.69, 9.17) is 5.11 Å². The quantitative estimate of drug-likeness (QED) is 0.743. The van der Waals surface area contributed by atoms with E-state index < -0.39 is 0 Å². The van der Waals surface area contributed by atoms with E-state index in [0.29, 0.717) is 6.42 Å². The Hall–Kier alpha value is -1.16. The van der Waals surface area contributed by atoms with Gasteiger partial charge in [0, 0.05) is 18.8 Å². The third-order valence-electron chi connectivity index (χ3n) is 1.70. The third-order valence-corrected chi connectivity index (χ3v) is 1.70. The van der Waals surface area contributed by atoms with Crippen molar-refractivity contribution in [2.24, 2.45) is 0 Å². The van der Waals surface area contributed by atoms with Crippen molar-refractivity contribution < 1.29 is 9.50 Å². The number of aromatic nitrogens is 1. The molecule has 0 aliphatic heterocycles. The van der Waals surface area contributed by atoms with Crippen molar-refractivity contribution in [2.45, 2.75) is 19.4 Å². The number of rotatable bonds is 4. The number of nitrogens with zero attached hydrogens (tertiary/aromatic N) is 1. The van der Waals surface area contributed by atoms with Crippen LogP contribution in [0.5, 0.6) is 0 Å². The van der Waals surface area contributed by atoms with Crippen molar-refractivity contribution in [1.29, 1.82) is 0 Å². The topological polar surface area (TPSA) is 45.1 Å². The summed E-state index contributed by atoms with van der Waals surface area (Å²) in [6.07, 6.45) is 2.10. The molecule has 1 aromatic heterocycles. The van der Waals surface area contributed by atoms with E-state index in [2.05, 4.69) is 10.3 Å². The van der Waals surface area contributed by atoms with Gasteiger partial charge in [-0.15, -0.1) is 0 Å². The van der Waals surface area contributed by atoms with E-state index in [9.17, 15) is 4.39 Å². The highest BCUT2D eigenvalue weighted by Gasteiger charge is 2.05. The van der Waals surface area contributed by atoms with Gasteiger partial charge in [-0.2, -0.15) is 0 Å². The van der Waals surface area contributed by atoms with E-state index in [1.807, 2.05) is 6.92 Å². The standard InChI is InChI=1S/C9H13FN2O/c1-7(4-6-13)12-9-8(10)3-2-5-11-9/h2-3,5,7,13H,4,6H2,1H3,(H,11,12). The minimum atomic E-state index is -0.368. The van der Waals surface area contributed by atoms with E-state index >= 15 is 0 Å². The van der Waals surface area contributed by atoms with Crippen molar-refractivity contribution in [3.8, 4) is 0 Å². The van der Waals surface area contributed by atoms with E-state index in [0.717, 1.165) is 0 Å². The molecule has 1 heterocycles. The Morgan fingerprint density at radius 2 is 2.46 bits per heavy atom. The zero-order chi connectivity index (χ0) is 9.68. The number of pyridine rings is 1. The summed E-state index contributed by atoms with van der Waals surface area (Å²) in [5.41, 5.74) is 0. The molecule has 4 heteroatoms. The number of hydrogen-bond acceptors (Lipinski definition) is 3. The smallest absolute Gasteiger partial charge is 0.165 e. The van der Waals surface area contributed by atoms with Crippen molar-refractivity contribution >= 4 is 5.82 Å². The number of aliphatic hydroxyl groups is 1. The number of aliphatic hydroxyl groups excluding tert-OH is 1. The summed E-state index contributed by atoms with van der Waals surface area (Å²) in [6, 6.07) is 2.91. The van der Waals surface area contributed by atoms with Crippen molar-refractivity contribution in [1.82, 2.24) is 4.98 Å². The van der Waals surface area contributed by atoms with Gasteiger partial charge >= 0.3 is 0 Å². The molecule has 1 aromatic rings. The minimum absolute atomic E-state index is 0.0226. The van der Waals surface area contributed by atoms with Crippen LogP contribution < -0.4 is 5.32 Å². The second kappa shape index (κ2) is 4.77. The fourth-order valence-electron chi connectivity index (χ4n) is 0.991. The van der Waals surface area contributed by atoms with Gasteiger partial charge in [-0.3, -0.25) is 0 Å². The molecule has 0 aliphatic carbocycles. The molecule has 3 nitrogen and oxygen atoms in total. The molecule has 0 saturated heterocycles. The van der Waals surface area contributed by atoms with Crippen LogP contribution in [0, 0.1) is 5.82 Å². The summed E-state index contributed by atoms with van der Waals surface area (Å²) in [5, 5.41) is 11.5. The summed E-state index contributed by atoms with van der Waals surface area (Å²) in [4.78, 5) is 3.83. The normalized spacial score (nSPS) is 12.5. The number of nitrogens with one attached hydrogen (secondary N) is 1. The Kier molecular flexibility index (Phi) is 3.64. The lowest BCUT2D eigenvalue weighted by atomic mass is 10.2. The van der Waals surface area contributed by atoms with E-state index in [-0.39, 0.29) is 24.3 Å². The molecular weight excluding hydrogens is 171 g/mol. The molecule has 0 saturated carbocycles. The van der Waals surface area contributed by atoms with Crippen molar-refractivity contribution in [3.63, 3.8) is 0 Å². The molecule has 1 atom stereocenters. The average Bonchev–Trinajstić information content (AvgIpc) is 2.09. The SMILES string of the molecule is CC(CCO)Nc1ncccc1F. The minimum Gasteiger partial charge on any atom is -0.396 e. The van der Waals surface area contributed by atoms with Gasteiger partial charge in [0.1, 0.15) is 0 Å². The second-order valence-corrected chi connectivity index (χ2v) is 2.89. The monoisotopic (exact) mass is 184 g/mol. The maximum absolute atomic E-state index is 13.0. The summed E-state index contributed by atoms with van der Waals surface area (Å²) < 4.78 is 13.0. The van der Waals surface area contributed by atoms with Gasteiger partial charge in [0.15, 0.2) is 11.6 Å². The number of halogens is 1. The van der Waals surface area contributed by atoms with Gasteiger partial charge in [-0.25, -0.2) is 9.37 Å². The maximum atomic E-state index is 13.0. The van der Waals surface area contributed by atoms with Gasteiger partial charge in [0.05, 0.1) is 0 Å². The average molecular weight is 184 g/mol. The van der Waals surface area contributed by atoms with Crippen molar-refractivity contribution in [2.75, 3.05) is 11.9 Å². The van der Waals surface area contributed by atoms with Crippen LogP contribution in [0.2, 0.25) is 0 Å². The van der Waals surface area contributed by atoms with Gasteiger partial charge in [-0.1, -0.05) is 0 Å². The molecule has 2 N–H and O–H groups in total. The first-order valence-corrected chi connectivity index (χ1v) is 4.22. The lowest BCUT2D eigenvalue weighted by molar-refractivity contribution is 0.282. The van der Waals surface area contributed by atoms with E-state index in [1.165, 1.54) is 18.3 Å². The molecule has 0 bridgehead atoms. The maximum Gasteiger partial charge on any atom is 0.165 e. The van der Waals surface area contributed by atoms with Crippen LogP contribution in [0.15, 0.2) is 18.3 Å². The molecule has 0 aliphatic rings. The molecule has 72 valence electrons. The molecular formula is C9H13FN2O. The lowest BCUT2D eigenvalue weighted by Crippen LogP contribution is -2.18. The first-order valence-electron chi connectivity index (χ1n) is 4.22. The Morgan fingerprint density at radius 3 is 3.08 bits per heavy atom. The zero-order valence-corrected chi connectivity index (χ0v) is 7.50. The van der Waals surface area contributed by atoms with Gasteiger partial charge in [0.25, 0.3) is 0 Å². The van der Waals surface area contributed by atoms with Crippen LogP contribution >= 0.6 is 0 Å². The fourth-order valence-corrected chi connectivity index (χ4v) is 0.991. The molecule has 0 amide bonds. The molecule has 0 spiro atoms. The predicted octanol–water partition coefficient (Wildman–Crippen LogP) is 1.40. The highest BCUT2D eigenvalue weighted by atomic mass is 19.1. The molecule has 1 rings (SSSR count). The Morgan fingerprint density at radius 1 is 1.69 bits per heavy atom. The molecule has 1 unspecified atom stereocenters. The van der Waals surface area contributed by atoms with Crippen LogP contribution in [0.25, 0.3) is 0 Å². The summed E-state index contributed by atoms with van der Waals surface area (Å²) in [5.74, 6) is -0.129. The largest absolute Gasteiger partial charge is 0.396 e. The first kappa shape index (κ1) is 9.92. The van der Waals surface area contributed by atoms with Crippen LogP contribution in [0.4, 0.5) is 10.2 Å². The molecule has 0 fully saturated rings. The van der Waals surface area contributed by atoms with Crippen molar-refractivity contribution in [3.05, 3.63) is 24.1 Å². The molecule has 13 heavy (non-hydrogen) atoms. The van der Waals surface area contributed by atoms with Gasteiger partial charge < -0.3 is 10.4 Å². The van der Waals surface area contributed by atoms with Gasteiger partial charge in [-0.05, 0) is 25.5 Å². The first-order chi connectivity index (χ1) is 6.24. The van der Waals surface area contributed by atoms with Gasteiger partial charge in [0.2, 0.25) is 0 Å². The lowest BCUT2D eigenvalue weighted by Gasteiger charge is -2.12.